The molecule has 2 rings (SSSR count). The van der Waals surface area contributed by atoms with E-state index in [2.05, 4.69) is 0 Å². The Morgan fingerprint density at radius 2 is 1.88 bits per heavy atom. The van der Waals surface area contributed by atoms with Crippen LogP contribution in [0.1, 0.15) is 25.3 Å². The molecule has 132 valence electrons. The van der Waals surface area contributed by atoms with Crippen LogP contribution in [0.2, 0.25) is 0 Å². The SMILES string of the molecule is C[C@H]1CC[C@H](C(N)=O)CN1C(=O)COc1ccc(C(F)(F)F)cc1. The van der Waals surface area contributed by atoms with E-state index in [1.165, 1.54) is 17.0 Å². The second kappa shape index (κ2) is 7.11. The highest BCUT2D eigenvalue weighted by atomic mass is 19.4. The van der Waals surface area contributed by atoms with Crippen LogP contribution in [0.3, 0.4) is 0 Å². The predicted molar refractivity (Wildman–Crippen MR) is 80.0 cm³/mol. The summed E-state index contributed by atoms with van der Waals surface area (Å²) in [5, 5.41) is 0. The second-order valence-electron chi connectivity index (χ2n) is 5.88. The van der Waals surface area contributed by atoms with E-state index < -0.39 is 17.6 Å². The van der Waals surface area contributed by atoms with Crippen LogP contribution in [0.25, 0.3) is 0 Å². The van der Waals surface area contributed by atoms with E-state index in [1.54, 1.807) is 0 Å². The summed E-state index contributed by atoms with van der Waals surface area (Å²) < 4.78 is 42.7. The number of alkyl halides is 3. The van der Waals surface area contributed by atoms with Gasteiger partial charge in [-0.25, -0.2) is 0 Å². The molecular weight excluding hydrogens is 325 g/mol. The number of nitrogens with two attached hydrogens (primary N) is 1. The zero-order valence-corrected chi connectivity index (χ0v) is 13.2. The van der Waals surface area contributed by atoms with Crippen LogP contribution in [-0.4, -0.2) is 35.9 Å². The quantitative estimate of drug-likeness (QED) is 0.910. The molecule has 0 unspecified atom stereocenters. The number of hydrogen-bond donors (Lipinski definition) is 1. The highest BCUT2D eigenvalue weighted by Gasteiger charge is 2.32. The number of piperidine rings is 1. The van der Waals surface area contributed by atoms with Crippen molar-refractivity contribution in [2.75, 3.05) is 13.2 Å². The smallest absolute Gasteiger partial charge is 0.416 e. The monoisotopic (exact) mass is 344 g/mol. The third-order valence-electron chi connectivity index (χ3n) is 4.15. The van der Waals surface area contributed by atoms with Crippen LogP contribution in [0.5, 0.6) is 5.75 Å². The maximum Gasteiger partial charge on any atom is 0.416 e. The van der Waals surface area contributed by atoms with Gasteiger partial charge in [0.2, 0.25) is 5.91 Å². The first-order chi connectivity index (χ1) is 11.2. The second-order valence-corrected chi connectivity index (χ2v) is 5.88. The number of benzene rings is 1. The molecule has 0 aliphatic carbocycles. The number of ether oxygens (including phenoxy) is 1. The van der Waals surface area contributed by atoms with Crippen molar-refractivity contribution in [2.45, 2.75) is 32.0 Å². The lowest BCUT2D eigenvalue weighted by Crippen LogP contribution is -2.50. The van der Waals surface area contributed by atoms with Gasteiger partial charge < -0.3 is 15.4 Å². The fourth-order valence-corrected chi connectivity index (χ4v) is 2.65. The van der Waals surface area contributed by atoms with Gasteiger partial charge in [-0.15, -0.1) is 0 Å². The lowest BCUT2D eigenvalue weighted by Gasteiger charge is -2.36. The number of rotatable bonds is 4. The minimum atomic E-state index is -4.42. The summed E-state index contributed by atoms with van der Waals surface area (Å²) in [4.78, 5) is 25.1. The maximum absolute atomic E-state index is 12.5. The van der Waals surface area contributed by atoms with Gasteiger partial charge in [-0.3, -0.25) is 9.59 Å². The highest BCUT2D eigenvalue weighted by Crippen LogP contribution is 2.30. The Kier molecular flexibility index (Phi) is 5.36. The molecule has 1 aliphatic heterocycles. The van der Waals surface area contributed by atoms with Crippen molar-refractivity contribution < 1.29 is 27.5 Å². The van der Waals surface area contributed by atoms with E-state index in [4.69, 9.17) is 10.5 Å². The number of hydrogen-bond acceptors (Lipinski definition) is 3. The molecule has 1 fully saturated rings. The summed E-state index contributed by atoms with van der Waals surface area (Å²) in [6.07, 6.45) is -3.11. The molecule has 0 spiro atoms. The lowest BCUT2D eigenvalue weighted by molar-refractivity contribution is -0.140. The Hall–Kier alpha value is -2.25. The van der Waals surface area contributed by atoms with Crippen molar-refractivity contribution in [3.63, 3.8) is 0 Å². The van der Waals surface area contributed by atoms with Gasteiger partial charge in [0.15, 0.2) is 6.61 Å². The fraction of sp³-hybridized carbons (Fsp3) is 0.500. The first kappa shape index (κ1) is 18.1. The van der Waals surface area contributed by atoms with Crippen molar-refractivity contribution in [1.82, 2.24) is 4.90 Å². The third kappa shape index (κ3) is 4.39. The van der Waals surface area contributed by atoms with E-state index in [-0.39, 0.29) is 36.8 Å². The highest BCUT2D eigenvalue weighted by molar-refractivity contribution is 5.81. The molecular formula is C16H19F3N2O3. The van der Waals surface area contributed by atoms with Crippen molar-refractivity contribution in [3.8, 4) is 5.75 Å². The van der Waals surface area contributed by atoms with E-state index >= 15 is 0 Å². The number of carbonyl (C=O) groups excluding carboxylic acids is 2. The van der Waals surface area contributed by atoms with Gasteiger partial charge >= 0.3 is 6.18 Å². The van der Waals surface area contributed by atoms with Gasteiger partial charge in [-0.2, -0.15) is 13.2 Å². The molecule has 1 aromatic carbocycles. The minimum absolute atomic E-state index is 0.0377. The molecule has 8 heteroatoms. The molecule has 1 saturated heterocycles. The molecule has 24 heavy (non-hydrogen) atoms. The standard InChI is InChI=1S/C16H19F3N2O3/c1-10-2-3-11(15(20)23)8-21(10)14(22)9-24-13-6-4-12(5-7-13)16(17,18)19/h4-7,10-11H,2-3,8-9H2,1H3,(H2,20,23)/t10-,11-/m0/s1. The lowest BCUT2D eigenvalue weighted by atomic mass is 9.93. The number of carbonyl (C=O) groups is 2. The minimum Gasteiger partial charge on any atom is -0.484 e. The molecule has 2 atom stereocenters. The van der Waals surface area contributed by atoms with Gasteiger partial charge in [0.1, 0.15) is 5.75 Å². The summed E-state index contributed by atoms with van der Waals surface area (Å²) in [6.45, 7) is 1.81. The van der Waals surface area contributed by atoms with Crippen molar-refractivity contribution in [2.24, 2.45) is 11.7 Å². The van der Waals surface area contributed by atoms with Gasteiger partial charge in [0.25, 0.3) is 5.91 Å². The zero-order chi connectivity index (χ0) is 17.9. The number of primary amides is 1. The average molecular weight is 344 g/mol. The number of likely N-dealkylation sites (tertiary alicyclic amines) is 1. The zero-order valence-electron chi connectivity index (χ0n) is 13.2. The summed E-state index contributed by atoms with van der Waals surface area (Å²) in [5.41, 5.74) is 4.51. The van der Waals surface area contributed by atoms with E-state index in [9.17, 15) is 22.8 Å². The Labute approximate surface area is 137 Å². The molecule has 1 aromatic rings. The normalized spacial score (nSPS) is 21.4. The first-order valence-electron chi connectivity index (χ1n) is 7.57. The van der Waals surface area contributed by atoms with Gasteiger partial charge in [0.05, 0.1) is 11.5 Å². The topological polar surface area (TPSA) is 72.6 Å². The van der Waals surface area contributed by atoms with Crippen LogP contribution in [0.15, 0.2) is 24.3 Å². The van der Waals surface area contributed by atoms with Crippen LogP contribution in [-0.2, 0) is 15.8 Å². The first-order valence-corrected chi connectivity index (χ1v) is 7.57. The van der Waals surface area contributed by atoms with Crippen LogP contribution in [0.4, 0.5) is 13.2 Å². The molecule has 2 amide bonds. The summed E-state index contributed by atoms with van der Waals surface area (Å²) >= 11 is 0. The van der Waals surface area contributed by atoms with Crippen LogP contribution < -0.4 is 10.5 Å². The van der Waals surface area contributed by atoms with Gasteiger partial charge in [-0.05, 0) is 44.0 Å². The van der Waals surface area contributed by atoms with Crippen molar-refractivity contribution in [1.29, 1.82) is 0 Å². The molecule has 0 radical (unpaired) electrons. The molecule has 0 aromatic heterocycles. The maximum atomic E-state index is 12.5. The fourth-order valence-electron chi connectivity index (χ4n) is 2.65. The van der Waals surface area contributed by atoms with Crippen LogP contribution >= 0.6 is 0 Å². The Morgan fingerprint density at radius 3 is 2.42 bits per heavy atom. The summed E-state index contributed by atoms with van der Waals surface area (Å²) in [6, 6.07) is 4.09. The number of halogens is 3. The number of nitrogens with zero attached hydrogens (tertiary/aromatic N) is 1. The summed E-state index contributed by atoms with van der Waals surface area (Å²) in [5.74, 6) is -0.972. The molecule has 5 nitrogen and oxygen atoms in total. The number of amides is 2. The molecule has 0 saturated carbocycles. The Morgan fingerprint density at radius 1 is 1.25 bits per heavy atom. The van der Waals surface area contributed by atoms with Crippen molar-refractivity contribution >= 4 is 11.8 Å². The Balaban J connectivity index is 1.93. The van der Waals surface area contributed by atoms with Gasteiger partial charge in [0, 0.05) is 12.6 Å². The molecule has 1 aliphatic rings. The molecule has 0 bridgehead atoms. The van der Waals surface area contributed by atoms with Gasteiger partial charge in [-0.1, -0.05) is 0 Å². The molecule has 2 N–H and O–H groups in total. The summed E-state index contributed by atoms with van der Waals surface area (Å²) in [7, 11) is 0. The van der Waals surface area contributed by atoms with Crippen LogP contribution in [0, 0.1) is 5.92 Å². The Bertz CT molecular complexity index is 602. The van der Waals surface area contributed by atoms with E-state index in [0.29, 0.717) is 12.8 Å². The average Bonchev–Trinajstić information content (AvgIpc) is 2.52. The third-order valence-corrected chi connectivity index (χ3v) is 4.15. The predicted octanol–water partition coefficient (Wildman–Crippen LogP) is 2.20. The largest absolute Gasteiger partial charge is 0.484 e. The van der Waals surface area contributed by atoms with E-state index in [1.807, 2.05) is 6.92 Å². The van der Waals surface area contributed by atoms with Crippen molar-refractivity contribution in [3.05, 3.63) is 29.8 Å². The van der Waals surface area contributed by atoms with E-state index in [0.717, 1.165) is 12.1 Å². The molecule has 1 heterocycles.